The van der Waals surface area contributed by atoms with Gasteiger partial charge in [-0.05, 0) is 88.1 Å². The lowest BCUT2D eigenvalue weighted by Crippen LogP contribution is -2.38. The Hall–Kier alpha value is -3.00. The van der Waals surface area contributed by atoms with Gasteiger partial charge in [0.1, 0.15) is 5.82 Å². The predicted octanol–water partition coefficient (Wildman–Crippen LogP) is 6.82. The minimum absolute atomic E-state index is 0.251. The van der Waals surface area contributed by atoms with E-state index in [0.29, 0.717) is 56.4 Å². The molecular formula is C30H34ClN3O3S. The highest BCUT2D eigenvalue weighted by molar-refractivity contribution is 7.89. The van der Waals surface area contributed by atoms with Gasteiger partial charge < -0.3 is 0 Å². The summed E-state index contributed by atoms with van der Waals surface area (Å²) in [7, 11) is -3.92. The number of rotatable bonds is 8. The molecule has 0 saturated heterocycles. The molecule has 0 amide bonds. The van der Waals surface area contributed by atoms with Crippen LogP contribution in [0.3, 0.4) is 0 Å². The van der Waals surface area contributed by atoms with E-state index in [1.165, 1.54) is 4.31 Å². The molecule has 8 heteroatoms. The minimum atomic E-state index is -3.92. The molecule has 1 aromatic heterocycles. The average molecular weight is 552 g/mol. The number of hydrogen-bond acceptors (Lipinski definition) is 4. The van der Waals surface area contributed by atoms with Crippen LogP contribution < -0.4 is 5.56 Å². The molecule has 0 N–H and O–H groups in total. The van der Waals surface area contributed by atoms with Crippen LogP contribution in [0.2, 0.25) is 5.02 Å². The zero-order valence-corrected chi connectivity index (χ0v) is 24.3. The number of unbranched alkanes of at least 4 members (excludes halogenated alkanes) is 1. The fraction of sp³-hybridized carbons (Fsp3) is 0.333. The minimum Gasteiger partial charge on any atom is -0.268 e. The molecule has 4 rings (SSSR count). The van der Waals surface area contributed by atoms with Gasteiger partial charge in [-0.3, -0.25) is 9.36 Å². The van der Waals surface area contributed by atoms with Crippen LogP contribution in [0.15, 0.2) is 64.3 Å². The van der Waals surface area contributed by atoms with E-state index in [1.54, 1.807) is 41.0 Å². The van der Waals surface area contributed by atoms with Crippen LogP contribution in [0.4, 0.5) is 0 Å². The third-order valence-corrected chi connectivity index (χ3v) is 9.42. The molecule has 0 spiro atoms. The molecule has 3 aromatic carbocycles. The zero-order chi connectivity index (χ0) is 27.8. The molecule has 0 radical (unpaired) electrons. The average Bonchev–Trinajstić information content (AvgIpc) is 2.83. The Morgan fingerprint density at radius 2 is 1.63 bits per heavy atom. The highest BCUT2D eigenvalue weighted by Gasteiger charge is 2.34. The maximum Gasteiger partial charge on any atom is 0.266 e. The number of aromatic nitrogens is 2. The van der Waals surface area contributed by atoms with Gasteiger partial charge in [0.15, 0.2) is 0 Å². The van der Waals surface area contributed by atoms with Crippen molar-refractivity contribution < 1.29 is 8.42 Å². The van der Waals surface area contributed by atoms with E-state index in [0.717, 1.165) is 17.5 Å². The Kier molecular flexibility index (Phi) is 8.12. The van der Waals surface area contributed by atoms with Gasteiger partial charge in [-0.1, -0.05) is 54.8 Å². The second kappa shape index (κ2) is 11.0. The molecule has 4 aromatic rings. The van der Waals surface area contributed by atoms with Crippen molar-refractivity contribution in [2.45, 2.75) is 65.3 Å². The van der Waals surface area contributed by atoms with Crippen LogP contribution in [-0.2, 0) is 10.0 Å². The molecule has 6 nitrogen and oxygen atoms in total. The standard InChI is InChI=1S/C30H34ClN3O3S/c1-7-8-15-33(38(36,37)28-21(4)16-19(2)17-22(28)5)23(6)29-32-26-12-10-9-11-25(26)30(35)34(29)27-14-13-24(31)18-20(27)3/h9-14,16-18,23H,7-8,15H2,1-6H3. The zero-order valence-electron chi connectivity index (χ0n) is 22.7. The van der Waals surface area contributed by atoms with Crippen LogP contribution in [0, 0.1) is 27.7 Å². The van der Waals surface area contributed by atoms with Crippen molar-refractivity contribution in [2.75, 3.05) is 6.54 Å². The lowest BCUT2D eigenvalue weighted by molar-refractivity contribution is 0.322. The maximum atomic E-state index is 14.3. The lowest BCUT2D eigenvalue weighted by atomic mass is 10.1. The monoisotopic (exact) mass is 551 g/mol. The molecule has 1 atom stereocenters. The summed E-state index contributed by atoms with van der Waals surface area (Å²) in [4.78, 5) is 19.1. The number of nitrogens with zero attached hydrogens (tertiary/aromatic N) is 3. The summed E-state index contributed by atoms with van der Waals surface area (Å²) in [5.74, 6) is 0.362. The summed E-state index contributed by atoms with van der Waals surface area (Å²) in [5, 5.41) is 1.02. The quantitative estimate of drug-likeness (QED) is 0.241. The summed E-state index contributed by atoms with van der Waals surface area (Å²) in [5.41, 5.74) is 4.10. The maximum absolute atomic E-state index is 14.3. The smallest absolute Gasteiger partial charge is 0.266 e. The normalized spacial score (nSPS) is 12.8. The largest absolute Gasteiger partial charge is 0.268 e. The second-order valence-electron chi connectivity index (χ2n) is 9.93. The fourth-order valence-corrected chi connectivity index (χ4v) is 7.46. The molecule has 1 unspecified atom stereocenters. The van der Waals surface area contributed by atoms with Gasteiger partial charge in [0.2, 0.25) is 10.0 Å². The number of hydrogen-bond donors (Lipinski definition) is 0. The molecule has 0 aliphatic heterocycles. The second-order valence-corrected chi connectivity index (χ2v) is 12.2. The number of sulfonamides is 1. The van der Waals surface area contributed by atoms with Crippen molar-refractivity contribution in [1.29, 1.82) is 0 Å². The summed E-state index contributed by atoms with van der Waals surface area (Å²) < 4.78 is 31.7. The number of aryl methyl sites for hydroxylation is 4. The van der Waals surface area contributed by atoms with Gasteiger partial charge in [-0.15, -0.1) is 0 Å². The van der Waals surface area contributed by atoms with Crippen LogP contribution >= 0.6 is 11.6 Å². The van der Waals surface area contributed by atoms with E-state index in [9.17, 15) is 13.2 Å². The predicted molar refractivity (Wildman–Crippen MR) is 155 cm³/mol. The number of halogens is 1. The number of fused-ring (bicyclic) bond motifs is 1. The first-order valence-corrected chi connectivity index (χ1v) is 14.7. The Morgan fingerprint density at radius 3 is 2.26 bits per heavy atom. The van der Waals surface area contributed by atoms with Gasteiger partial charge in [0, 0.05) is 11.6 Å². The van der Waals surface area contributed by atoms with Crippen molar-refractivity contribution in [1.82, 2.24) is 13.9 Å². The molecular weight excluding hydrogens is 518 g/mol. The molecule has 200 valence electrons. The van der Waals surface area contributed by atoms with E-state index >= 15 is 0 Å². The highest BCUT2D eigenvalue weighted by Crippen LogP contribution is 2.33. The molecule has 38 heavy (non-hydrogen) atoms. The van der Waals surface area contributed by atoms with Crippen molar-refractivity contribution in [3.8, 4) is 5.69 Å². The van der Waals surface area contributed by atoms with E-state index in [4.69, 9.17) is 16.6 Å². The van der Waals surface area contributed by atoms with Crippen molar-refractivity contribution in [2.24, 2.45) is 0 Å². The first-order chi connectivity index (χ1) is 18.0. The van der Waals surface area contributed by atoms with Gasteiger partial charge in [-0.2, -0.15) is 4.31 Å². The van der Waals surface area contributed by atoms with Crippen molar-refractivity contribution in [3.63, 3.8) is 0 Å². The summed E-state index contributed by atoms with van der Waals surface area (Å²) >= 11 is 6.23. The number of para-hydroxylation sites is 1. The SMILES string of the molecule is CCCCN(C(C)c1nc2ccccc2c(=O)n1-c1ccc(Cl)cc1C)S(=O)(=O)c1c(C)cc(C)cc1C. The molecule has 1 heterocycles. The Balaban J connectivity index is 2.01. The van der Waals surface area contributed by atoms with E-state index in [-0.39, 0.29) is 5.56 Å². The summed E-state index contributed by atoms with van der Waals surface area (Å²) in [6, 6.07) is 15.5. The van der Waals surface area contributed by atoms with E-state index < -0.39 is 16.1 Å². The first kappa shape index (κ1) is 28.0. The topological polar surface area (TPSA) is 72.3 Å². The molecule has 0 bridgehead atoms. The van der Waals surface area contributed by atoms with Gasteiger partial charge in [0.25, 0.3) is 5.56 Å². The van der Waals surface area contributed by atoms with Crippen LogP contribution in [0.5, 0.6) is 0 Å². The van der Waals surface area contributed by atoms with Crippen molar-refractivity contribution >= 4 is 32.5 Å². The van der Waals surface area contributed by atoms with Gasteiger partial charge in [0.05, 0.1) is 27.5 Å². The molecule has 0 aliphatic carbocycles. The Morgan fingerprint density at radius 1 is 0.974 bits per heavy atom. The summed E-state index contributed by atoms with van der Waals surface area (Å²) in [6.07, 6.45) is 1.49. The highest BCUT2D eigenvalue weighted by atomic mass is 35.5. The van der Waals surface area contributed by atoms with Gasteiger partial charge >= 0.3 is 0 Å². The van der Waals surface area contributed by atoms with Crippen molar-refractivity contribution in [3.05, 3.63) is 98.1 Å². The van der Waals surface area contributed by atoms with Gasteiger partial charge in [-0.25, -0.2) is 13.4 Å². The van der Waals surface area contributed by atoms with E-state index in [2.05, 4.69) is 0 Å². The van der Waals surface area contributed by atoms with Crippen LogP contribution in [-0.4, -0.2) is 28.8 Å². The molecule has 0 saturated carbocycles. The third kappa shape index (κ3) is 5.15. The van der Waals surface area contributed by atoms with Crippen LogP contribution in [0.25, 0.3) is 16.6 Å². The van der Waals surface area contributed by atoms with Crippen LogP contribution in [0.1, 0.15) is 60.8 Å². The first-order valence-electron chi connectivity index (χ1n) is 12.8. The Labute approximate surface area is 230 Å². The summed E-state index contributed by atoms with van der Waals surface area (Å²) in [6.45, 7) is 11.6. The lowest BCUT2D eigenvalue weighted by Gasteiger charge is -2.31. The molecule has 0 fully saturated rings. The third-order valence-electron chi connectivity index (χ3n) is 6.91. The molecule has 0 aliphatic rings. The Bertz CT molecular complexity index is 1660. The fourth-order valence-electron chi connectivity index (χ4n) is 5.19. The number of benzene rings is 3. The van der Waals surface area contributed by atoms with E-state index in [1.807, 2.05) is 59.7 Å².